The monoisotopic (exact) mass is 638 g/mol. The van der Waals surface area contributed by atoms with Crippen LogP contribution in [0.4, 0.5) is 34.8 Å². The van der Waals surface area contributed by atoms with E-state index in [-0.39, 0.29) is 17.8 Å². The van der Waals surface area contributed by atoms with Crippen LogP contribution in [0.2, 0.25) is 0 Å². The standard InChI is InChI=1S/C22H19F4IN4O4S/c1-3-29-36(33,34)31-21-18(25)11(6-7-28-21)8-12-9-14(22(32)35-2)20(19(26)17(12)24)30-16-5-4-13(27)10-15(16)23/h4-7,9-10,29-30H,3,8H2,1-2H3,(H,28,31). The van der Waals surface area contributed by atoms with Crippen LogP contribution in [0.25, 0.3) is 0 Å². The van der Waals surface area contributed by atoms with Gasteiger partial charge in [0, 0.05) is 22.7 Å². The highest BCUT2D eigenvalue weighted by Crippen LogP contribution is 2.32. The first kappa shape index (κ1) is 27.6. The fourth-order valence-electron chi connectivity index (χ4n) is 3.18. The number of pyridine rings is 1. The van der Waals surface area contributed by atoms with Crippen molar-refractivity contribution in [1.82, 2.24) is 9.71 Å². The van der Waals surface area contributed by atoms with Crippen molar-refractivity contribution in [3.63, 3.8) is 0 Å². The summed E-state index contributed by atoms with van der Waals surface area (Å²) in [6.45, 7) is 1.55. The largest absolute Gasteiger partial charge is 0.465 e. The van der Waals surface area contributed by atoms with Crippen molar-refractivity contribution in [2.75, 3.05) is 23.7 Å². The van der Waals surface area contributed by atoms with Crippen molar-refractivity contribution in [3.05, 3.63) is 80.1 Å². The highest BCUT2D eigenvalue weighted by Gasteiger charge is 2.25. The molecular weight excluding hydrogens is 619 g/mol. The number of hydrogen-bond donors (Lipinski definition) is 3. The van der Waals surface area contributed by atoms with E-state index in [4.69, 9.17) is 0 Å². The third-order valence-corrected chi connectivity index (χ3v) is 6.60. The summed E-state index contributed by atoms with van der Waals surface area (Å²) >= 11 is 1.87. The Morgan fingerprint density at radius 1 is 1.06 bits per heavy atom. The molecule has 0 aliphatic heterocycles. The van der Waals surface area contributed by atoms with Gasteiger partial charge in [0.1, 0.15) is 5.82 Å². The van der Waals surface area contributed by atoms with Gasteiger partial charge in [-0.25, -0.2) is 27.3 Å². The van der Waals surface area contributed by atoms with Gasteiger partial charge in [0.15, 0.2) is 23.3 Å². The molecule has 0 radical (unpaired) electrons. The van der Waals surface area contributed by atoms with Crippen molar-refractivity contribution in [3.8, 4) is 0 Å². The molecule has 0 saturated carbocycles. The number of nitrogens with zero attached hydrogens (tertiary/aromatic N) is 1. The SMILES string of the molecule is CCNS(=O)(=O)Nc1nccc(Cc2cc(C(=O)OC)c(Nc3ccc(I)cc3F)c(F)c2F)c1F. The fraction of sp³-hybridized carbons (Fsp3) is 0.182. The maximum absolute atomic E-state index is 15.1. The first-order chi connectivity index (χ1) is 17.0. The van der Waals surface area contributed by atoms with E-state index in [1.165, 1.54) is 19.1 Å². The molecule has 0 spiro atoms. The van der Waals surface area contributed by atoms with Gasteiger partial charge in [-0.05, 0) is 64.0 Å². The second-order valence-corrected chi connectivity index (χ2v) is 9.99. The number of rotatable bonds is 9. The molecule has 192 valence electrons. The molecule has 1 aromatic heterocycles. The molecule has 0 amide bonds. The lowest BCUT2D eigenvalue weighted by Gasteiger charge is -2.16. The Labute approximate surface area is 217 Å². The van der Waals surface area contributed by atoms with Gasteiger partial charge in [0.25, 0.3) is 10.2 Å². The van der Waals surface area contributed by atoms with Crippen LogP contribution in [0.1, 0.15) is 28.4 Å². The second-order valence-electron chi connectivity index (χ2n) is 7.24. The number of carbonyl (C=O) groups excluding carboxylic acids is 1. The van der Waals surface area contributed by atoms with Crippen molar-refractivity contribution in [2.24, 2.45) is 0 Å². The van der Waals surface area contributed by atoms with Gasteiger partial charge in [0.05, 0.1) is 24.0 Å². The summed E-state index contributed by atoms with van der Waals surface area (Å²) in [5.41, 5.74) is -2.03. The Balaban J connectivity index is 2.04. The first-order valence-corrected chi connectivity index (χ1v) is 12.8. The molecule has 0 fully saturated rings. The van der Waals surface area contributed by atoms with Crippen LogP contribution >= 0.6 is 22.6 Å². The van der Waals surface area contributed by atoms with Crippen LogP contribution in [-0.2, 0) is 21.4 Å². The molecule has 0 saturated heterocycles. The van der Waals surface area contributed by atoms with Crippen molar-refractivity contribution in [1.29, 1.82) is 0 Å². The van der Waals surface area contributed by atoms with E-state index >= 15 is 8.78 Å². The minimum absolute atomic E-state index is 0.0317. The van der Waals surface area contributed by atoms with Gasteiger partial charge in [-0.2, -0.15) is 13.1 Å². The summed E-state index contributed by atoms with van der Waals surface area (Å²) in [5.74, 6) is -6.56. The summed E-state index contributed by atoms with van der Waals surface area (Å²) in [4.78, 5) is 16.0. The summed E-state index contributed by atoms with van der Waals surface area (Å²) in [7, 11) is -3.09. The van der Waals surface area contributed by atoms with Gasteiger partial charge in [-0.15, -0.1) is 0 Å². The third kappa shape index (κ3) is 6.22. The van der Waals surface area contributed by atoms with E-state index in [1.54, 1.807) is 0 Å². The minimum Gasteiger partial charge on any atom is -0.465 e. The normalized spacial score (nSPS) is 11.3. The molecule has 0 bridgehead atoms. The number of anilines is 3. The summed E-state index contributed by atoms with van der Waals surface area (Å²) in [6.07, 6.45) is 0.502. The van der Waals surface area contributed by atoms with E-state index in [2.05, 4.69) is 19.8 Å². The van der Waals surface area contributed by atoms with E-state index in [1.807, 2.05) is 27.3 Å². The van der Waals surface area contributed by atoms with Crippen LogP contribution < -0.4 is 14.8 Å². The van der Waals surface area contributed by atoms with Gasteiger partial charge in [-0.3, -0.25) is 4.72 Å². The first-order valence-electron chi connectivity index (χ1n) is 10.2. The molecule has 2 aromatic carbocycles. The lowest BCUT2D eigenvalue weighted by atomic mass is 10.00. The molecule has 36 heavy (non-hydrogen) atoms. The fourth-order valence-corrected chi connectivity index (χ4v) is 4.48. The maximum atomic E-state index is 15.1. The zero-order chi connectivity index (χ0) is 26.6. The number of ether oxygens (including phenoxy) is 1. The second kappa shape index (κ2) is 11.4. The molecule has 8 nitrogen and oxygen atoms in total. The van der Waals surface area contributed by atoms with Crippen LogP contribution in [0.15, 0.2) is 36.5 Å². The van der Waals surface area contributed by atoms with E-state index < -0.39 is 68.5 Å². The lowest BCUT2D eigenvalue weighted by Crippen LogP contribution is -2.30. The van der Waals surface area contributed by atoms with Crippen LogP contribution in [0.3, 0.4) is 0 Å². The summed E-state index contributed by atoms with van der Waals surface area (Å²) in [5, 5.41) is 2.38. The third-order valence-electron chi connectivity index (χ3n) is 4.79. The average Bonchev–Trinajstić information content (AvgIpc) is 2.81. The number of carbonyl (C=O) groups is 1. The Morgan fingerprint density at radius 3 is 2.42 bits per heavy atom. The number of esters is 1. The van der Waals surface area contributed by atoms with Crippen LogP contribution in [0.5, 0.6) is 0 Å². The number of halogens is 5. The molecule has 1 heterocycles. The van der Waals surface area contributed by atoms with Crippen molar-refractivity contribution in [2.45, 2.75) is 13.3 Å². The smallest absolute Gasteiger partial charge is 0.340 e. The van der Waals surface area contributed by atoms with Crippen molar-refractivity contribution < 1.29 is 35.5 Å². The maximum Gasteiger partial charge on any atom is 0.340 e. The van der Waals surface area contributed by atoms with Crippen molar-refractivity contribution >= 4 is 56.0 Å². The van der Waals surface area contributed by atoms with E-state index in [0.717, 1.165) is 31.5 Å². The summed E-state index contributed by atoms with van der Waals surface area (Å²) in [6, 6.07) is 6.03. The highest BCUT2D eigenvalue weighted by molar-refractivity contribution is 14.1. The number of aromatic nitrogens is 1. The van der Waals surface area contributed by atoms with Gasteiger partial charge >= 0.3 is 5.97 Å². The molecule has 3 rings (SSSR count). The summed E-state index contributed by atoms with van der Waals surface area (Å²) < 4.78 is 92.4. The quantitative estimate of drug-likeness (QED) is 0.179. The van der Waals surface area contributed by atoms with E-state index in [9.17, 15) is 22.0 Å². The molecule has 0 unspecified atom stereocenters. The number of benzene rings is 2. The predicted octanol–water partition coefficient (Wildman–Crippen LogP) is 4.63. The topological polar surface area (TPSA) is 109 Å². The minimum atomic E-state index is -4.11. The van der Waals surface area contributed by atoms with Gasteiger partial charge in [0.2, 0.25) is 0 Å². The number of methoxy groups -OCH3 is 1. The van der Waals surface area contributed by atoms with Gasteiger partial charge < -0.3 is 10.1 Å². The molecule has 0 aliphatic carbocycles. The molecule has 0 atom stereocenters. The molecule has 0 aliphatic rings. The number of hydrogen-bond acceptors (Lipinski definition) is 6. The van der Waals surface area contributed by atoms with E-state index in [0.29, 0.717) is 3.57 Å². The Bertz CT molecular complexity index is 1420. The lowest BCUT2D eigenvalue weighted by molar-refractivity contribution is 0.0601. The number of nitrogens with one attached hydrogen (secondary N) is 3. The molecular formula is C22H19F4IN4O4S. The Kier molecular flexibility index (Phi) is 8.73. The van der Waals surface area contributed by atoms with Crippen LogP contribution in [0, 0.1) is 26.8 Å². The zero-order valence-electron chi connectivity index (χ0n) is 18.8. The predicted molar refractivity (Wildman–Crippen MR) is 133 cm³/mol. The molecule has 14 heteroatoms. The molecule has 3 aromatic rings. The Morgan fingerprint density at radius 2 is 1.78 bits per heavy atom. The average molecular weight is 638 g/mol. The van der Waals surface area contributed by atoms with Gasteiger partial charge in [-0.1, -0.05) is 6.92 Å². The Hall–Kier alpha value is -2.98. The highest BCUT2D eigenvalue weighted by atomic mass is 127. The van der Waals surface area contributed by atoms with Crippen LogP contribution in [-0.4, -0.2) is 33.0 Å². The molecule has 3 N–H and O–H groups in total. The zero-order valence-corrected chi connectivity index (χ0v) is 21.7.